The standard InChI is InChI=1S/C15H18N2O3/c1-19-15(8-4-5-9-15)14-16-13(20-17-14)10-11-6-2-3-7-12(11)18/h2-3,6-7,18H,4-5,8-10H2,1H3. The molecule has 0 amide bonds. The van der Waals surface area contributed by atoms with Crippen LogP contribution in [-0.2, 0) is 16.8 Å². The average molecular weight is 274 g/mol. The molecule has 1 aliphatic rings. The van der Waals surface area contributed by atoms with Gasteiger partial charge < -0.3 is 14.4 Å². The summed E-state index contributed by atoms with van der Waals surface area (Å²) in [4.78, 5) is 4.46. The lowest BCUT2D eigenvalue weighted by molar-refractivity contribution is -0.0178. The number of aromatic nitrogens is 2. The zero-order valence-corrected chi connectivity index (χ0v) is 11.5. The van der Waals surface area contributed by atoms with Gasteiger partial charge in [0.1, 0.15) is 11.4 Å². The Labute approximate surface area is 117 Å². The number of ether oxygens (including phenoxy) is 1. The van der Waals surface area contributed by atoms with E-state index in [1.54, 1.807) is 19.2 Å². The number of hydrogen-bond donors (Lipinski definition) is 1. The topological polar surface area (TPSA) is 68.4 Å². The lowest BCUT2D eigenvalue weighted by Crippen LogP contribution is -2.26. The predicted molar refractivity (Wildman–Crippen MR) is 72.4 cm³/mol. The summed E-state index contributed by atoms with van der Waals surface area (Å²) in [5.74, 6) is 1.38. The van der Waals surface area contributed by atoms with Crippen LogP contribution in [0.15, 0.2) is 28.8 Å². The van der Waals surface area contributed by atoms with Crippen molar-refractivity contribution in [2.75, 3.05) is 7.11 Å². The van der Waals surface area contributed by atoms with Gasteiger partial charge in [0, 0.05) is 12.7 Å². The fraction of sp³-hybridized carbons (Fsp3) is 0.467. The van der Waals surface area contributed by atoms with E-state index in [0.717, 1.165) is 31.2 Å². The third kappa shape index (κ3) is 2.29. The van der Waals surface area contributed by atoms with Crippen molar-refractivity contribution in [2.24, 2.45) is 0 Å². The Kier molecular flexibility index (Phi) is 3.44. The van der Waals surface area contributed by atoms with Crippen LogP contribution in [0.3, 0.4) is 0 Å². The number of para-hydroxylation sites is 1. The molecule has 1 saturated carbocycles. The molecule has 0 radical (unpaired) electrons. The maximum absolute atomic E-state index is 9.77. The summed E-state index contributed by atoms with van der Waals surface area (Å²) >= 11 is 0. The Morgan fingerprint density at radius 2 is 2.05 bits per heavy atom. The average Bonchev–Trinajstić information content (AvgIpc) is 3.11. The van der Waals surface area contributed by atoms with Gasteiger partial charge in [-0.15, -0.1) is 0 Å². The number of phenolic OH excluding ortho intramolecular Hbond substituents is 1. The molecule has 0 aliphatic heterocycles. The maximum Gasteiger partial charge on any atom is 0.231 e. The molecule has 3 rings (SSSR count). The molecule has 1 N–H and O–H groups in total. The number of aromatic hydroxyl groups is 1. The molecule has 1 fully saturated rings. The molecule has 5 nitrogen and oxygen atoms in total. The first kappa shape index (κ1) is 13.1. The van der Waals surface area contributed by atoms with Crippen molar-refractivity contribution in [3.8, 4) is 5.75 Å². The van der Waals surface area contributed by atoms with E-state index in [-0.39, 0.29) is 11.4 Å². The van der Waals surface area contributed by atoms with Gasteiger partial charge in [-0.3, -0.25) is 0 Å². The number of rotatable bonds is 4. The van der Waals surface area contributed by atoms with Crippen molar-refractivity contribution >= 4 is 0 Å². The predicted octanol–water partition coefficient (Wildman–Crippen LogP) is 2.78. The largest absolute Gasteiger partial charge is 0.508 e. The van der Waals surface area contributed by atoms with E-state index in [1.165, 1.54) is 0 Å². The van der Waals surface area contributed by atoms with Gasteiger partial charge in [0.2, 0.25) is 11.7 Å². The third-order valence-corrected chi connectivity index (χ3v) is 4.01. The summed E-state index contributed by atoms with van der Waals surface area (Å²) < 4.78 is 10.9. The Morgan fingerprint density at radius 1 is 1.30 bits per heavy atom. The molecule has 1 aromatic heterocycles. The van der Waals surface area contributed by atoms with E-state index in [1.807, 2.05) is 12.1 Å². The third-order valence-electron chi connectivity index (χ3n) is 4.01. The Bertz CT molecular complexity index is 588. The number of nitrogens with zero attached hydrogens (tertiary/aromatic N) is 2. The highest BCUT2D eigenvalue weighted by molar-refractivity contribution is 5.33. The zero-order chi connectivity index (χ0) is 14.0. The minimum Gasteiger partial charge on any atom is -0.508 e. The molecule has 1 aliphatic carbocycles. The van der Waals surface area contributed by atoms with Gasteiger partial charge in [-0.1, -0.05) is 23.4 Å². The first-order valence-corrected chi connectivity index (χ1v) is 6.89. The molecule has 1 heterocycles. The summed E-state index contributed by atoms with van der Waals surface area (Å²) in [6.45, 7) is 0. The van der Waals surface area contributed by atoms with Crippen molar-refractivity contribution in [3.63, 3.8) is 0 Å². The molecule has 0 saturated heterocycles. The van der Waals surface area contributed by atoms with Gasteiger partial charge >= 0.3 is 0 Å². The van der Waals surface area contributed by atoms with E-state index in [0.29, 0.717) is 18.1 Å². The van der Waals surface area contributed by atoms with Crippen LogP contribution in [0.4, 0.5) is 0 Å². The first-order valence-electron chi connectivity index (χ1n) is 6.89. The highest BCUT2D eigenvalue weighted by Gasteiger charge is 2.40. The fourth-order valence-corrected chi connectivity index (χ4v) is 2.80. The minimum atomic E-state index is -0.388. The maximum atomic E-state index is 9.77. The molecule has 0 bridgehead atoms. The lowest BCUT2D eigenvalue weighted by atomic mass is 10.0. The second-order valence-corrected chi connectivity index (χ2v) is 5.22. The Hall–Kier alpha value is -1.88. The quantitative estimate of drug-likeness (QED) is 0.928. The molecule has 0 atom stereocenters. The summed E-state index contributed by atoms with van der Waals surface area (Å²) in [6, 6.07) is 7.16. The number of phenols is 1. The summed E-state index contributed by atoms with van der Waals surface area (Å²) in [6.07, 6.45) is 4.53. The van der Waals surface area contributed by atoms with Crippen LogP contribution >= 0.6 is 0 Å². The van der Waals surface area contributed by atoms with Gasteiger partial charge in [0.25, 0.3) is 0 Å². The molecule has 1 aromatic carbocycles. The van der Waals surface area contributed by atoms with Crippen LogP contribution < -0.4 is 0 Å². The summed E-state index contributed by atoms with van der Waals surface area (Å²) in [5.41, 5.74) is 0.390. The summed E-state index contributed by atoms with van der Waals surface area (Å²) in [5, 5.41) is 13.8. The highest BCUT2D eigenvalue weighted by Crippen LogP contribution is 2.40. The fourth-order valence-electron chi connectivity index (χ4n) is 2.80. The van der Waals surface area contributed by atoms with Crippen LogP contribution in [0.1, 0.15) is 43.0 Å². The first-order chi connectivity index (χ1) is 9.73. The second-order valence-electron chi connectivity index (χ2n) is 5.22. The van der Waals surface area contributed by atoms with Crippen LogP contribution in [0.25, 0.3) is 0 Å². The van der Waals surface area contributed by atoms with E-state index < -0.39 is 0 Å². The van der Waals surface area contributed by atoms with Crippen LogP contribution in [0, 0.1) is 0 Å². The Balaban J connectivity index is 1.82. The number of hydrogen-bond acceptors (Lipinski definition) is 5. The molecule has 0 spiro atoms. The van der Waals surface area contributed by atoms with Gasteiger partial charge in [-0.25, -0.2) is 0 Å². The molecule has 0 unspecified atom stereocenters. The monoisotopic (exact) mass is 274 g/mol. The van der Waals surface area contributed by atoms with Crippen molar-refractivity contribution in [1.82, 2.24) is 10.1 Å². The molecular weight excluding hydrogens is 256 g/mol. The molecule has 5 heteroatoms. The van der Waals surface area contributed by atoms with Crippen molar-refractivity contribution in [2.45, 2.75) is 37.7 Å². The summed E-state index contributed by atoms with van der Waals surface area (Å²) in [7, 11) is 1.70. The van der Waals surface area contributed by atoms with Gasteiger partial charge in [0.05, 0.1) is 6.42 Å². The van der Waals surface area contributed by atoms with Crippen LogP contribution in [-0.4, -0.2) is 22.4 Å². The van der Waals surface area contributed by atoms with E-state index in [4.69, 9.17) is 9.26 Å². The smallest absolute Gasteiger partial charge is 0.231 e. The molecular formula is C15H18N2O3. The van der Waals surface area contributed by atoms with Gasteiger partial charge in [0.15, 0.2) is 0 Å². The molecule has 20 heavy (non-hydrogen) atoms. The SMILES string of the molecule is COC1(c2noc(Cc3ccccc3O)n2)CCCC1. The Morgan fingerprint density at radius 3 is 2.75 bits per heavy atom. The van der Waals surface area contributed by atoms with E-state index in [9.17, 15) is 5.11 Å². The number of benzene rings is 1. The van der Waals surface area contributed by atoms with E-state index in [2.05, 4.69) is 10.1 Å². The number of methoxy groups -OCH3 is 1. The zero-order valence-electron chi connectivity index (χ0n) is 11.5. The highest BCUT2D eigenvalue weighted by atomic mass is 16.5. The van der Waals surface area contributed by atoms with Crippen LogP contribution in [0.2, 0.25) is 0 Å². The van der Waals surface area contributed by atoms with Crippen molar-refractivity contribution in [3.05, 3.63) is 41.5 Å². The molecule has 2 aromatic rings. The van der Waals surface area contributed by atoms with Gasteiger partial charge in [-0.05, 0) is 31.7 Å². The molecule has 106 valence electrons. The van der Waals surface area contributed by atoms with Crippen molar-refractivity contribution < 1.29 is 14.4 Å². The van der Waals surface area contributed by atoms with E-state index >= 15 is 0 Å². The normalized spacial score (nSPS) is 17.4. The minimum absolute atomic E-state index is 0.245. The van der Waals surface area contributed by atoms with Gasteiger partial charge in [-0.2, -0.15) is 4.98 Å². The lowest BCUT2D eigenvalue weighted by Gasteiger charge is -2.22. The van der Waals surface area contributed by atoms with Crippen LogP contribution in [0.5, 0.6) is 5.75 Å². The van der Waals surface area contributed by atoms with Crippen molar-refractivity contribution in [1.29, 1.82) is 0 Å². The second kappa shape index (κ2) is 5.25.